The van der Waals surface area contributed by atoms with Crippen molar-refractivity contribution in [2.24, 2.45) is 0 Å². The molecule has 10 heteroatoms. The predicted octanol–water partition coefficient (Wildman–Crippen LogP) is 3.79. The first kappa shape index (κ1) is 24.0. The molecule has 0 amide bonds. The third-order valence-corrected chi connectivity index (χ3v) is 6.67. The van der Waals surface area contributed by atoms with Gasteiger partial charge in [-0.3, -0.25) is 4.79 Å². The number of aliphatic hydroxyl groups excluding tert-OH is 1. The molecule has 36 heavy (non-hydrogen) atoms. The molecule has 1 fully saturated rings. The average molecular weight is 496 g/mol. The van der Waals surface area contributed by atoms with Crippen molar-refractivity contribution < 1.29 is 33.0 Å². The van der Waals surface area contributed by atoms with Crippen LogP contribution in [0.3, 0.4) is 0 Å². The Morgan fingerprint density at radius 2 is 1.92 bits per heavy atom. The normalized spacial score (nSPS) is 16.8. The van der Waals surface area contributed by atoms with Crippen molar-refractivity contribution in [1.29, 1.82) is 0 Å². The third kappa shape index (κ3) is 4.69. The lowest BCUT2D eigenvalue weighted by Gasteiger charge is -2.39. The molecule has 0 radical (unpaired) electrons. The molecule has 5 rings (SSSR count). The fraction of sp³-hybridized carbons (Fsp3) is 0.346. The fourth-order valence-corrected chi connectivity index (χ4v) is 4.71. The van der Waals surface area contributed by atoms with Gasteiger partial charge in [-0.2, -0.15) is 0 Å². The molecule has 0 aliphatic carbocycles. The maximum absolute atomic E-state index is 13.3. The number of aliphatic hydroxyl groups is 1. The van der Waals surface area contributed by atoms with Gasteiger partial charge in [0, 0.05) is 19.5 Å². The lowest BCUT2D eigenvalue weighted by molar-refractivity contribution is -0.146. The molecule has 188 valence electrons. The minimum atomic E-state index is -1.06. The van der Waals surface area contributed by atoms with Crippen molar-refractivity contribution >= 4 is 16.9 Å². The molecule has 9 nitrogen and oxygen atoms in total. The number of carboxylic acid groups (broad SMARTS) is 1. The van der Waals surface area contributed by atoms with E-state index in [2.05, 4.69) is 10.2 Å². The largest absolute Gasteiger partial charge is 0.490 e. The number of fused-ring (bicyclic) bond motifs is 1. The maximum Gasteiger partial charge on any atom is 0.314 e. The second-order valence-corrected chi connectivity index (χ2v) is 9.06. The number of aromatic nitrogens is 2. The fourth-order valence-electron chi connectivity index (χ4n) is 4.71. The lowest BCUT2D eigenvalue weighted by Crippen LogP contribution is -2.49. The number of carbonyl (C=O) groups is 1. The number of β-amino-alcohol motifs (C(OH)–C–C–N with tert-alkyl or cyclic N) is 1. The van der Waals surface area contributed by atoms with Crippen molar-refractivity contribution in [1.82, 2.24) is 15.1 Å². The molecule has 0 bridgehead atoms. The molecule has 0 unspecified atom stereocenters. The summed E-state index contributed by atoms with van der Waals surface area (Å²) in [7, 11) is 0. The number of aliphatic carboxylic acids is 1. The molecule has 2 aromatic carbocycles. The zero-order valence-electron chi connectivity index (χ0n) is 19.7. The highest BCUT2D eigenvalue weighted by molar-refractivity contribution is 5.87. The van der Waals surface area contributed by atoms with Crippen molar-refractivity contribution in [3.8, 4) is 17.4 Å². The summed E-state index contributed by atoms with van der Waals surface area (Å²) in [6.07, 6.45) is -0.0462. The quantitative estimate of drug-likeness (QED) is 0.376. The Labute approximate surface area is 206 Å². The number of aryl methyl sites for hydroxylation is 1. The van der Waals surface area contributed by atoms with Crippen LogP contribution >= 0.6 is 0 Å². The third-order valence-electron chi connectivity index (χ3n) is 6.67. The zero-order valence-corrected chi connectivity index (χ0v) is 19.7. The Kier molecular flexibility index (Phi) is 6.46. The molecular formula is C26H26FN3O6. The summed E-state index contributed by atoms with van der Waals surface area (Å²) in [5.74, 6) is 0.378. The number of furan rings is 1. The SMILES string of the molecule is Cc1nnc(-c2cc3c(OC[C@@H](O)CN4CCC(C(=O)O)(c5ccc(F)cc5)CC4)cccc3o2)o1. The smallest absolute Gasteiger partial charge is 0.314 e. The molecule has 4 aromatic rings. The van der Waals surface area contributed by atoms with Crippen LogP contribution in [0.2, 0.25) is 0 Å². The first-order chi connectivity index (χ1) is 17.3. The number of nitrogens with zero attached hydrogens (tertiary/aromatic N) is 3. The van der Waals surface area contributed by atoms with Gasteiger partial charge in [-0.25, -0.2) is 4.39 Å². The maximum atomic E-state index is 13.3. The molecule has 1 saturated heterocycles. The number of likely N-dealkylation sites (tertiary alicyclic amines) is 1. The Morgan fingerprint density at radius 3 is 2.58 bits per heavy atom. The van der Waals surface area contributed by atoms with Gasteiger partial charge in [0.1, 0.15) is 29.9 Å². The van der Waals surface area contributed by atoms with E-state index < -0.39 is 23.3 Å². The number of rotatable bonds is 8. The van der Waals surface area contributed by atoms with E-state index >= 15 is 0 Å². The van der Waals surface area contributed by atoms with Gasteiger partial charge in [-0.15, -0.1) is 10.2 Å². The van der Waals surface area contributed by atoms with Crippen LogP contribution in [-0.2, 0) is 10.2 Å². The summed E-state index contributed by atoms with van der Waals surface area (Å²) < 4.78 is 30.5. The average Bonchev–Trinajstić information content (AvgIpc) is 3.50. The van der Waals surface area contributed by atoms with Crippen molar-refractivity contribution in [2.45, 2.75) is 31.3 Å². The van der Waals surface area contributed by atoms with Crippen LogP contribution in [0.15, 0.2) is 57.4 Å². The topological polar surface area (TPSA) is 122 Å². The molecule has 1 atom stereocenters. The van der Waals surface area contributed by atoms with Gasteiger partial charge in [0.15, 0.2) is 5.76 Å². The number of benzene rings is 2. The summed E-state index contributed by atoms with van der Waals surface area (Å²) in [6, 6.07) is 12.8. The van der Waals surface area contributed by atoms with Gasteiger partial charge in [0.05, 0.1) is 10.8 Å². The first-order valence-electron chi connectivity index (χ1n) is 11.7. The Bertz CT molecular complexity index is 1360. The van der Waals surface area contributed by atoms with Crippen LogP contribution in [0.5, 0.6) is 5.75 Å². The molecule has 2 N–H and O–H groups in total. The van der Waals surface area contributed by atoms with Crippen LogP contribution < -0.4 is 4.74 Å². The van der Waals surface area contributed by atoms with Crippen molar-refractivity contribution in [3.05, 3.63) is 65.8 Å². The molecule has 3 heterocycles. The van der Waals surface area contributed by atoms with Crippen LogP contribution in [0.4, 0.5) is 4.39 Å². The Balaban J connectivity index is 1.20. The van der Waals surface area contributed by atoms with Gasteiger partial charge < -0.3 is 28.7 Å². The molecule has 1 aliphatic heterocycles. The molecule has 2 aromatic heterocycles. The standard InChI is InChI=1S/C26H26FN3O6/c1-16-28-29-24(35-16)23-13-20-21(3-2-4-22(20)36-23)34-15-19(31)14-30-11-9-26(10-12-30,25(32)33)17-5-7-18(27)8-6-17/h2-8,13,19,31H,9-12,14-15H2,1H3,(H,32,33)/t19-/m0/s1. The number of halogens is 1. The van der Waals surface area contributed by atoms with E-state index in [-0.39, 0.29) is 12.5 Å². The van der Waals surface area contributed by atoms with Crippen LogP contribution in [-0.4, -0.2) is 63.6 Å². The van der Waals surface area contributed by atoms with E-state index in [9.17, 15) is 19.4 Å². The number of piperidine rings is 1. The summed E-state index contributed by atoms with van der Waals surface area (Å²) in [6.45, 7) is 3.07. The van der Waals surface area contributed by atoms with Crippen molar-refractivity contribution in [2.75, 3.05) is 26.2 Å². The van der Waals surface area contributed by atoms with Crippen molar-refractivity contribution in [3.63, 3.8) is 0 Å². The Hall–Kier alpha value is -3.76. The summed E-state index contributed by atoms with van der Waals surface area (Å²) in [4.78, 5) is 14.2. The summed E-state index contributed by atoms with van der Waals surface area (Å²) in [5.41, 5.74) is 0.134. The highest BCUT2D eigenvalue weighted by atomic mass is 19.1. The zero-order chi connectivity index (χ0) is 25.3. The van der Waals surface area contributed by atoms with Gasteiger partial charge in [-0.05, 0) is 55.8 Å². The van der Waals surface area contributed by atoms with Crippen LogP contribution in [0.25, 0.3) is 22.6 Å². The number of hydrogen-bond donors (Lipinski definition) is 2. The molecule has 0 saturated carbocycles. The lowest BCUT2D eigenvalue weighted by atomic mass is 9.73. The van der Waals surface area contributed by atoms with E-state index in [4.69, 9.17) is 13.6 Å². The summed E-state index contributed by atoms with van der Waals surface area (Å²) >= 11 is 0. The Morgan fingerprint density at radius 1 is 1.17 bits per heavy atom. The van der Waals surface area contributed by atoms with Crippen LogP contribution in [0.1, 0.15) is 24.3 Å². The first-order valence-corrected chi connectivity index (χ1v) is 11.7. The minimum absolute atomic E-state index is 0.0534. The van der Waals surface area contributed by atoms with E-state index in [1.807, 2.05) is 4.90 Å². The van der Waals surface area contributed by atoms with E-state index in [0.29, 0.717) is 61.0 Å². The molecular weight excluding hydrogens is 469 g/mol. The highest BCUT2D eigenvalue weighted by Crippen LogP contribution is 2.36. The number of hydrogen-bond acceptors (Lipinski definition) is 8. The van der Waals surface area contributed by atoms with E-state index in [0.717, 1.165) is 5.39 Å². The number of carboxylic acids is 1. The van der Waals surface area contributed by atoms with Gasteiger partial charge in [0.25, 0.3) is 5.89 Å². The molecule has 0 spiro atoms. The second-order valence-electron chi connectivity index (χ2n) is 9.06. The van der Waals surface area contributed by atoms with Crippen LogP contribution in [0, 0.1) is 12.7 Å². The summed E-state index contributed by atoms with van der Waals surface area (Å²) in [5, 5.41) is 29.1. The van der Waals surface area contributed by atoms with E-state index in [1.165, 1.54) is 12.1 Å². The minimum Gasteiger partial charge on any atom is -0.490 e. The van der Waals surface area contributed by atoms with E-state index in [1.54, 1.807) is 43.3 Å². The number of ether oxygens (including phenoxy) is 1. The van der Waals surface area contributed by atoms with Gasteiger partial charge in [-0.1, -0.05) is 18.2 Å². The second kappa shape index (κ2) is 9.71. The van der Waals surface area contributed by atoms with Gasteiger partial charge >= 0.3 is 5.97 Å². The monoisotopic (exact) mass is 495 g/mol. The predicted molar refractivity (Wildman–Crippen MR) is 127 cm³/mol. The van der Waals surface area contributed by atoms with Gasteiger partial charge in [0.2, 0.25) is 5.89 Å². The highest BCUT2D eigenvalue weighted by Gasteiger charge is 2.43. The molecule has 1 aliphatic rings.